The molecule has 0 heterocycles. The molecule has 0 aliphatic heterocycles. The first-order valence-corrected chi connectivity index (χ1v) is 16.7. The monoisotopic (exact) mass is 318 g/mol. The highest BCUT2D eigenvalue weighted by atomic mass is 28.5. The van der Waals surface area contributed by atoms with Gasteiger partial charge >= 0.3 is 0 Å². The van der Waals surface area contributed by atoms with Crippen molar-refractivity contribution in [3.8, 4) is 0 Å². The van der Waals surface area contributed by atoms with Crippen LogP contribution in [0.2, 0.25) is 45.3 Å². The van der Waals surface area contributed by atoms with E-state index >= 15 is 0 Å². The van der Waals surface area contributed by atoms with Crippen molar-refractivity contribution in [3.05, 3.63) is 0 Å². The zero-order valence-corrected chi connectivity index (χ0v) is 18.3. The lowest BCUT2D eigenvalue weighted by Crippen LogP contribution is -2.71. The average molecular weight is 319 g/mol. The summed E-state index contributed by atoms with van der Waals surface area (Å²) in [6.45, 7) is 24.5. The van der Waals surface area contributed by atoms with Gasteiger partial charge in [-0.05, 0) is 26.8 Å². The topological polar surface area (TPSA) is 15.3 Å². The highest BCUT2D eigenvalue weighted by Crippen LogP contribution is 2.24. The summed E-state index contributed by atoms with van der Waals surface area (Å²) in [7, 11) is -3.52. The van der Waals surface area contributed by atoms with Crippen LogP contribution in [0.5, 0.6) is 0 Å². The minimum absolute atomic E-state index is 0.252. The summed E-state index contributed by atoms with van der Waals surface area (Å²) in [5.41, 5.74) is 0.252. The number of rotatable bonds is 7. The number of nitrogens with zero attached hydrogens (tertiary/aromatic N) is 1. The van der Waals surface area contributed by atoms with Gasteiger partial charge in [-0.25, -0.2) is 0 Å². The van der Waals surface area contributed by atoms with Crippen LogP contribution in [0.25, 0.3) is 0 Å². The Morgan fingerprint density at radius 3 is 1.63 bits per heavy atom. The third-order valence-corrected chi connectivity index (χ3v) is 19.4. The minimum Gasteiger partial charge on any atom is -0.359 e. The van der Waals surface area contributed by atoms with Crippen molar-refractivity contribution < 1.29 is 0 Å². The maximum absolute atomic E-state index is 4.04. The lowest BCUT2D eigenvalue weighted by molar-refractivity contribution is 0.504. The Morgan fingerprint density at radius 2 is 1.37 bits per heavy atom. The van der Waals surface area contributed by atoms with Gasteiger partial charge in [0.25, 0.3) is 0 Å². The van der Waals surface area contributed by atoms with Crippen LogP contribution in [0.4, 0.5) is 0 Å². The molecule has 0 saturated carbocycles. The van der Waals surface area contributed by atoms with E-state index < -0.39 is 25.6 Å². The van der Waals surface area contributed by atoms with Crippen LogP contribution >= 0.6 is 0 Å². The molecule has 0 bridgehead atoms. The molecular formula is C14H38N2Si3. The van der Waals surface area contributed by atoms with Gasteiger partial charge in [0.05, 0.1) is 0 Å². The third kappa shape index (κ3) is 7.80. The normalized spacial score (nSPS) is 15.9. The highest BCUT2D eigenvalue weighted by molar-refractivity contribution is 6.98. The summed E-state index contributed by atoms with van der Waals surface area (Å²) < 4.78 is 3.06. The van der Waals surface area contributed by atoms with E-state index in [1.54, 1.807) is 0 Å². The number of hydrogen-bond acceptors (Lipinski definition) is 2. The van der Waals surface area contributed by atoms with Gasteiger partial charge in [-0.3, -0.25) is 0 Å². The Bertz CT molecular complexity index is 247. The smallest absolute Gasteiger partial charge is 0.174 e. The lowest BCUT2D eigenvalue weighted by atomic mass is 10.1. The Labute approximate surface area is 126 Å². The van der Waals surface area contributed by atoms with Crippen LogP contribution in [-0.2, 0) is 0 Å². The molecule has 0 aromatic rings. The Kier molecular flexibility index (Phi) is 7.23. The Balaban J connectivity index is 5.25. The van der Waals surface area contributed by atoms with E-state index in [-0.39, 0.29) is 5.54 Å². The predicted molar refractivity (Wildman–Crippen MR) is 98.3 cm³/mol. The molecule has 5 heteroatoms. The zero-order chi connectivity index (χ0) is 15.5. The van der Waals surface area contributed by atoms with E-state index in [1.165, 1.54) is 18.9 Å². The molecule has 0 aliphatic carbocycles. The standard InChI is InChI=1S/C14H38N2Si3/c1-11-12-13-17(15-14(2,3)4)16(18(5,6)7)19(8,9)10/h15,17H,11-13H2,1-10H3. The Hall–Kier alpha value is 0.571. The van der Waals surface area contributed by atoms with E-state index in [4.69, 9.17) is 0 Å². The molecule has 1 unspecified atom stereocenters. The fourth-order valence-corrected chi connectivity index (χ4v) is 22.1. The van der Waals surface area contributed by atoms with Crippen molar-refractivity contribution in [2.24, 2.45) is 0 Å². The first-order valence-electron chi connectivity index (χ1n) is 7.86. The molecule has 0 rings (SSSR count). The number of unbranched alkanes of at least 4 members (excludes halogenated alkanes) is 1. The number of hydrogen-bond donors (Lipinski definition) is 1. The summed E-state index contributed by atoms with van der Waals surface area (Å²) in [4.78, 5) is 4.04. The SMILES string of the molecule is CCCC[SiH](NC(C)(C)C)N([Si](C)(C)C)[Si](C)(C)C. The second-order valence-electron chi connectivity index (χ2n) is 8.76. The fraction of sp³-hybridized carbons (Fsp3) is 1.00. The second kappa shape index (κ2) is 7.02. The maximum Gasteiger partial charge on any atom is 0.174 e. The molecule has 0 fully saturated rings. The van der Waals surface area contributed by atoms with Crippen molar-refractivity contribution in [1.82, 2.24) is 8.88 Å². The van der Waals surface area contributed by atoms with Gasteiger partial charge in [-0.2, -0.15) is 0 Å². The summed E-state index contributed by atoms with van der Waals surface area (Å²) in [6, 6.07) is 1.42. The molecule has 0 spiro atoms. The van der Waals surface area contributed by atoms with Crippen molar-refractivity contribution >= 4 is 25.6 Å². The summed E-state index contributed by atoms with van der Waals surface area (Å²) in [5.74, 6) is 0. The van der Waals surface area contributed by atoms with Gasteiger partial charge in [0.1, 0.15) is 16.5 Å². The average Bonchev–Trinajstić information content (AvgIpc) is 2.06. The molecule has 0 aromatic carbocycles. The molecule has 1 N–H and O–H groups in total. The first-order chi connectivity index (χ1) is 8.29. The van der Waals surface area contributed by atoms with E-state index in [2.05, 4.69) is 75.9 Å². The highest BCUT2D eigenvalue weighted by Gasteiger charge is 2.40. The van der Waals surface area contributed by atoms with Crippen LogP contribution in [-0.4, -0.2) is 35.0 Å². The molecule has 0 amide bonds. The van der Waals surface area contributed by atoms with E-state index in [9.17, 15) is 0 Å². The third-order valence-electron chi connectivity index (χ3n) is 3.19. The van der Waals surface area contributed by atoms with E-state index in [1.807, 2.05) is 0 Å². The zero-order valence-electron chi connectivity index (χ0n) is 15.1. The summed E-state index contributed by atoms with van der Waals surface area (Å²) >= 11 is 0. The van der Waals surface area contributed by atoms with Gasteiger partial charge < -0.3 is 8.88 Å². The van der Waals surface area contributed by atoms with E-state index in [0.717, 1.165) is 0 Å². The van der Waals surface area contributed by atoms with Gasteiger partial charge in [0.2, 0.25) is 0 Å². The van der Waals surface area contributed by atoms with Crippen molar-refractivity contribution in [2.75, 3.05) is 0 Å². The van der Waals surface area contributed by atoms with Gasteiger partial charge in [0, 0.05) is 5.54 Å². The molecule has 0 aliphatic rings. The summed E-state index contributed by atoms with van der Waals surface area (Å²) in [6.07, 6.45) is 2.70. The van der Waals surface area contributed by atoms with Crippen molar-refractivity contribution in [1.29, 1.82) is 0 Å². The Morgan fingerprint density at radius 1 is 0.947 bits per heavy atom. The minimum atomic E-state index is -1.24. The van der Waals surface area contributed by atoms with E-state index in [0.29, 0.717) is 0 Å². The van der Waals surface area contributed by atoms with Crippen LogP contribution in [0.15, 0.2) is 0 Å². The largest absolute Gasteiger partial charge is 0.359 e. The number of nitrogens with one attached hydrogen (secondary N) is 1. The summed E-state index contributed by atoms with van der Waals surface area (Å²) in [5, 5.41) is 0. The maximum atomic E-state index is 4.04. The van der Waals surface area contributed by atoms with Gasteiger partial charge in [0.15, 0.2) is 9.12 Å². The van der Waals surface area contributed by atoms with Crippen LogP contribution in [0, 0.1) is 0 Å². The molecular weight excluding hydrogens is 280 g/mol. The second-order valence-corrected chi connectivity index (χ2v) is 22.3. The van der Waals surface area contributed by atoms with Crippen LogP contribution in [0.3, 0.4) is 0 Å². The van der Waals surface area contributed by atoms with Gasteiger partial charge in [-0.15, -0.1) is 0 Å². The molecule has 0 aromatic heterocycles. The van der Waals surface area contributed by atoms with Crippen molar-refractivity contribution in [3.63, 3.8) is 0 Å². The molecule has 116 valence electrons. The predicted octanol–water partition coefficient (Wildman–Crippen LogP) is 4.37. The molecule has 2 nitrogen and oxygen atoms in total. The molecule has 0 radical (unpaired) electrons. The molecule has 19 heavy (non-hydrogen) atoms. The molecule has 1 atom stereocenters. The van der Waals surface area contributed by atoms with Crippen LogP contribution < -0.4 is 4.98 Å². The quantitative estimate of drug-likeness (QED) is 0.701. The van der Waals surface area contributed by atoms with Crippen LogP contribution in [0.1, 0.15) is 40.5 Å². The van der Waals surface area contributed by atoms with Crippen molar-refractivity contribution in [2.45, 2.75) is 91.4 Å². The van der Waals surface area contributed by atoms with Gasteiger partial charge in [-0.1, -0.05) is 59.0 Å². The molecule has 0 saturated heterocycles. The first kappa shape index (κ1) is 19.6. The fourth-order valence-electron chi connectivity index (χ4n) is 3.10. The lowest BCUT2D eigenvalue weighted by Gasteiger charge is -2.50.